The number of nitrogens with zero attached hydrogens (tertiary/aromatic N) is 1. The van der Waals surface area contributed by atoms with Crippen LogP contribution >= 0.6 is 0 Å². The summed E-state index contributed by atoms with van der Waals surface area (Å²) in [5.41, 5.74) is 2.01. The SMILES string of the molecule is CO/N=C1/C[C@H]2CC[C@@]1(C)C2(C)C. The second-order valence-corrected chi connectivity index (χ2v) is 5.21. The van der Waals surface area contributed by atoms with Gasteiger partial charge in [0.1, 0.15) is 7.11 Å². The second-order valence-electron chi connectivity index (χ2n) is 5.21. The van der Waals surface area contributed by atoms with Gasteiger partial charge >= 0.3 is 0 Å². The Morgan fingerprint density at radius 3 is 2.46 bits per heavy atom. The lowest BCUT2D eigenvalue weighted by atomic mass is 9.70. The maximum atomic E-state index is 4.92. The Morgan fingerprint density at radius 2 is 2.08 bits per heavy atom. The van der Waals surface area contributed by atoms with Crippen LogP contribution in [0.15, 0.2) is 5.16 Å². The molecular formula is C11H19NO. The fourth-order valence-corrected chi connectivity index (χ4v) is 3.18. The van der Waals surface area contributed by atoms with Crippen LogP contribution in [0.2, 0.25) is 0 Å². The van der Waals surface area contributed by atoms with Crippen molar-refractivity contribution in [3.05, 3.63) is 0 Å². The molecule has 0 N–H and O–H groups in total. The fraction of sp³-hybridized carbons (Fsp3) is 0.909. The molecule has 2 aliphatic rings. The van der Waals surface area contributed by atoms with Gasteiger partial charge in [-0.05, 0) is 30.6 Å². The van der Waals surface area contributed by atoms with Crippen molar-refractivity contribution in [2.45, 2.75) is 40.0 Å². The summed E-state index contributed by atoms with van der Waals surface area (Å²) >= 11 is 0. The molecule has 0 aromatic carbocycles. The van der Waals surface area contributed by atoms with E-state index in [2.05, 4.69) is 25.9 Å². The van der Waals surface area contributed by atoms with Crippen LogP contribution in [0.25, 0.3) is 0 Å². The van der Waals surface area contributed by atoms with Crippen LogP contribution in [0, 0.1) is 16.7 Å². The average Bonchev–Trinajstić information content (AvgIpc) is 2.37. The molecule has 0 spiro atoms. The Morgan fingerprint density at radius 1 is 1.38 bits per heavy atom. The molecule has 0 amide bonds. The minimum absolute atomic E-state index is 0.299. The van der Waals surface area contributed by atoms with E-state index in [4.69, 9.17) is 4.84 Å². The molecule has 2 bridgehead atoms. The molecule has 2 aliphatic carbocycles. The van der Waals surface area contributed by atoms with Gasteiger partial charge in [0, 0.05) is 5.41 Å². The van der Waals surface area contributed by atoms with E-state index in [9.17, 15) is 0 Å². The third-order valence-electron chi connectivity index (χ3n) is 4.71. The number of hydrogen-bond donors (Lipinski definition) is 0. The quantitative estimate of drug-likeness (QED) is 0.570. The van der Waals surface area contributed by atoms with Gasteiger partial charge in [-0.15, -0.1) is 0 Å². The molecule has 0 radical (unpaired) electrons. The number of rotatable bonds is 1. The first-order valence-corrected chi connectivity index (χ1v) is 5.13. The van der Waals surface area contributed by atoms with E-state index >= 15 is 0 Å². The van der Waals surface area contributed by atoms with Crippen molar-refractivity contribution in [1.29, 1.82) is 0 Å². The lowest BCUT2D eigenvalue weighted by Gasteiger charge is -2.34. The zero-order chi connectivity index (χ0) is 9.69. The second kappa shape index (κ2) is 2.49. The molecule has 13 heavy (non-hydrogen) atoms. The fourth-order valence-electron chi connectivity index (χ4n) is 3.18. The molecular weight excluding hydrogens is 162 g/mol. The first-order valence-electron chi connectivity index (χ1n) is 5.13. The van der Waals surface area contributed by atoms with Crippen molar-refractivity contribution >= 4 is 5.71 Å². The Labute approximate surface area is 80.3 Å². The Kier molecular flexibility index (Phi) is 1.73. The maximum Gasteiger partial charge on any atom is 0.106 e. The van der Waals surface area contributed by atoms with Crippen molar-refractivity contribution in [2.75, 3.05) is 7.11 Å². The van der Waals surface area contributed by atoms with E-state index < -0.39 is 0 Å². The first kappa shape index (κ1) is 9.04. The van der Waals surface area contributed by atoms with E-state index in [1.165, 1.54) is 18.6 Å². The van der Waals surface area contributed by atoms with Gasteiger partial charge in [0.15, 0.2) is 0 Å². The monoisotopic (exact) mass is 181 g/mol. The summed E-state index contributed by atoms with van der Waals surface area (Å²) in [4.78, 5) is 4.92. The molecule has 74 valence electrons. The molecule has 2 atom stereocenters. The lowest BCUT2D eigenvalue weighted by molar-refractivity contribution is 0.180. The summed E-state index contributed by atoms with van der Waals surface area (Å²) in [6.07, 6.45) is 3.80. The molecule has 0 saturated heterocycles. The van der Waals surface area contributed by atoms with E-state index in [0.717, 1.165) is 12.3 Å². The predicted molar refractivity (Wildman–Crippen MR) is 53.7 cm³/mol. The predicted octanol–water partition coefficient (Wildman–Crippen LogP) is 2.84. The smallest absolute Gasteiger partial charge is 0.106 e. The minimum atomic E-state index is 0.299. The molecule has 0 aliphatic heterocycles. The molecule has 2 heteroatoms. The molecule has 2 saturated carbocycles. The largest absolute Gasteiger partial charge is 0.399 e. The van der Waals surface area contributed by atoms with Crippen molar-refractivity contribution in [1.82, 2.24) is 0 Å². The first-order chi connectivity index (χ1) is 6.02. The highest BCUT2D eigenvalue weighted by Crippen LogP contribution is 2.63. The van der Waals surface area contributed by atoms with Gasteiger partial charge < -0.3 is 4.84 Å². The standard InChI is InChI=1S/C11H19NO/c1-10(2)8-5-6-11(10,3)9(7-8)12-13-4/h8H,5-7H2,1-4H3/b12-9-/t8-,11-/m1/s1. The summed E-state index contributed by atoms with van der Waals surface area (Å²) in [6.45, 7) is 7.10. The average molecular weight is 181 g/mol. The highest BCUT2D eigenvalue weighted by atomic mass is 16.6. The zero-order valence-corrected chi connectivity index (χ0v) is 9.05. The zero-order valence-electron chi connectivity index (χ0n) is 9.05. The van der Waals surface area contributed by atoms with Crippen LogP contribution in [-0.2, 0) is 4.84 Å². The summed E-state index contributed by atoms with van der Waals surface area (Å²) in [6, 6.07) is 0. The molecule has 0 aromatic heterocycles. The lowest BCUT2D eigenvalue weighted by Crippen LogP contribution is -2.32. The van der Waals surface area contributed by atoms with E-state index in [0.29, 0.717) is 10.8 Å². The number of hydrogen-bond acceptors (Lipinski definition) is 2. The van der Waals surface area contributed by atoms with Gasteiger partial charge in [0.2, 0.25) is 0 Å². The third-order valence-corrected chi connectivity index (χ3v) is 4.71. The van der Waals surface area contributed by atoms with Crippen molar-refractivity contribution < 1.29 is 4.84 Å². The van der Waals surface area contributed by atoms with E-state index in [1.54, 1.807) is 7.11 Å². The topological polar surface area (TPSA) is 21.6 Å². The van der Waals surface area contributed by atoms with Crippen molar-refractivity contribution in [3.63, 3.8) is 0 Å². The highest BCUT2D eigenvalue weighted by Gasteiger charge is 2.60. The van der Waals surface area contributed by atoms with Crippen LogP contribution in [-0.4, -0.2) is 12.8 Å². The summed E-state index contributed by atoms with van der Waals surface area (Å²) < 4.78 is 0. The molecule has 0 unspecified atom stereocenters. The maximum absolute atomic E-state index is 4.92. The summed E-state index contributed by atoms with van der Waals surface area (Å²) in [7, 11) is 1.65. The van der Waals surface area contributed by atoms with Gasteiger partial charge in [-0.2, -0.15) is 0 Å². The van der Waals surface area contributed by atoms with Crippen LogP contribution in [0.3, 0.4) is 0 Å². The van der Waals surface area contributed by atoms with Crippen LogP contribution < -0.4 is 0 Å². The third kappa shape index (κ3) is 0.918. The van der Waals surface area contributed by atoms with E-state index in [-0.39, 0.29) is 0 Å². The number of oxime groups is 1. The van der Waals surface area contributed by atoms with Gasteiger partial charge in [-0.25, -0.2) is 0 Å². The van der Waals surface area contributed by atoms with E-state index in [1.807, 2.05) is 0 Å². The number of fused-ring (bicyclic) bond motifs is 2. The summed E-state index contributed by atoms with van der Waals surface area (Å²) in [5, 5.41) is 4.19. The van der Waals surface area contributed by atoms with Gasteiger partial charge in [-0.3, -0.25) is 0 Å². The van der Waals surface area contributed by atoms with Gasteiger partial charge in [0.05, 0.1) is 5.71 Å². The molecule has 0 aromatic rings. The minimum Gasteiger partial charge on any atom is -0.399 e. The van der Waals surface area contributed by atoms with Crippen molar-refractivity contribution in [2.24, 2.45) is 21.9 Å². The van der Waals surface area contributed by atoms with Crippen molar-refractivity contribution in [3.8, 4) is 0 Å². The molecule has 2 fully saturated rings. The van der Waals surface area contributed by atoms with Crippen LogP contribution in [0.5, 0.6) is 0 Å². The Bertz CT molecular complexity index is 257. The Hall–Kier alpha value is -0.530. The molecule has 2 rings (SSSR count). The summed E-state index contributed by atoms with van der Waals surface area (Å²) in [5.74, 6) is 0.825. The normalized spacial score (nSPS) is 44.3. The van der Waals surface area contributed by atoms with Crippen LogP contribution in [0.1, 0.15) is 40.0 Å². The van der Waals surface area contributed by atoms with Gasteiger partial charge in [-0.1, -0.05) is 25.9 Å². The Balaban J connectivity index is 2.38. The highest BCUT2D eigenvalue weighted by molar-refractivity contribution is 5.93. The molecule has 2 nitrogen and oxygen atoms in total. The van der Waals surface area contributed by atoms with Crippen LogP contribution in [0.4, 0.5) is 0 Å². The molecule has 0 heterocycles. The van der Waals surface area contributed by atoms with Gasteiger partial charge in [0.25, 0.3) is 0 Å².